The van der Waals surface area contributed by atoms with Crippen LogP contribution < -0.4 is 5.73 Å². The highest BCUT2D eigenvalue weighted by molar-refractivity contribution is 6.30. The number of nitrogens with two attached hydrogens (primary N) is 1. The summed E-state index contributed by atoms with van der Waals surface area (Å²) in [5, 5.41) is 0.758. The van der Waals surface area contributed by atoms with E-state index >= 15 is 0 Å². The van der Waals surface area contributed by atoms with E-state index in [0.29, 0.717) is 0 Å². The van der Waals surface area contributed by atoms with E-state index in [1.54, 1.807) is 0 Å². The van der Waals surface area contributed by atoms with E-state index in [4.69, 9.17) is 17.3 Å². The second-order valence-electron chi connectivity index (χ2n) is 3.21. The molecular weight excluding hydrogens is 196 g/mol. The molecule has 2 aromatic rings. The SMILES string of the molecule is Nc1cc[nH]c1Cc1ccc(Cl)cc1. The third kappa shape index (κ3) is 1.91. The van der Waals surface area contributed by atoms with Gasteiger partial charge >= 0.3 is 0 Å². The lowest BCUT2D eigenvalue weighted by molar-refractivity contribution is 1.11. The molecule has 1 aromatic heterocycles. The van der Waals surface area contributed by atoms with Crippen LogP contribution in [0.25, 0.3) is 0 Å². The van der Waals surface area contributed by atoms with E-state index in [1.165, 1.54) is 5.56 Å². The Morgan fingerprint density at radius 1 is 1.14 bits per heavy atom. The van der Waals surface area contributed by atoms with Crippen molar-refractivity contribution in [2.45, 2.75) is 6.42 Å². The maximum absolute atomic E-state index is 5.79. The van der Waals surface area contributed by atoms with Gasteiger partial charge in [-0.25, -0.2) is 0 Å². The van der Waals surface area contributed by atoms with Gasteiger partial charge in [0, 0.05) is 23.3 Å². The van der Waals surface area contributed by atoms with Crippen LogP contribution in [-0.4, -0.2) is 4.98 Å². The monoisotopic (exact) mass is 206 g/mol. The van der Waals surface area contributed by atoms with Crippen LogP contribution in [0, 0.1) is 0 Å². The Labute approximate surface area is 87.7 Å². The van der Waals surface area contributed by atoms with Crippen molar-refractivity contribution in [3.8, 4) is 0 Å². The van der Waals surface area contributed by atoms with Gasteiger partial charge in [0.1, 0.15) is 0 Å². The summed E-state index contributed by atoms with van der Waals surface area (Å²) >= 11 is 5.79. The van der Waals surface area contributed by atoms with Gasteiger partial charge in [0.05, 0.1) is 5.69 Å². The Morgan fingerprint density at radius 2 is 1.86 bits per heavy atom. The number of anilines is 1. The molecule has 0 atom stereocenters. The number of benzene rings is 1. The molecule has 0 bridgehead atoms. The fourth-order valence-electron chi connectivity index (χ4n) is 1.38. The molecule has 14 heavy (non-hydrogen) atoms. The van der Waals surface area contributed by atoms with Crippen LogP contribution in [0.15, 0.2) is 36.5 Å². The number of nitrogens with one attached hydrogen (secondary N) is 1. The van der Waals surface area contributed by atoms with Gasteiger partial charge in [0.25, 0.3) is 0 Å². The van der Waals surface area contributed by atoms with Gasteiger partial charge in [0.2, 0.25) is 0 Å². The van der Waals surface area contributed by atoms with Gasteiger partial charge in [-0.05, 0) is 23.8 Å². The smallest absolute Gasteiger partial charge is 0.0528 e. The average molecular weight is 207 g/mol. The van der Waals surface area contributed by atoms with Crippen LogP contribution in [0.3, 0.4) is 0 Å². The van der Waals surface area contributed by atoms with Gasteiger partial charge in [-0.15, -0.1) is 0 Å². The van der Waals surface area contributed by atoms with Crippen molar-refractivity contribution in [2.75, 3.05) is 5.73 Å². The molecule has 0 spiro atoms. The Balaban J connectivity index is 2.19. The van der Waals surface area contributed by atoms with E-state index in [9.17, 15) is 0 Å². The van der Waals surface area contributed by atoms with Crippen molar-refractivity contribution >= 4 is 17.3 Å². The van der Waals surface area contributed by atoms with Crippen LogP contribution in [0.5, 0.6) is 0 Å². The van der Waals surface area contributed by atoms with Crippen molar-refractivity contribution in [1.29, 1.82) is 0 Å². The van der Waals surface area contributed by atoms with Crippen molar-refractivity contribution in [1.82, 2.24) is 4.98 Å². The standard InChI is InChI=1S/C11H11ClN2/c12-9-3-1-8(2-4-9)7-11-10(13)5-6-14-11/h1-6,14H,7,13H2. The predicted molar refractivity (Wildman–Crippen MR) is 59.5 cm³/mol. The topological polar surface area (TPSA) is 41.8 Å². The molecule has 0 radical (unpaired) electrons. The van der Waals surface area contributed by atoms with E-state index in [1.807, 2.05) is 36.5 Å². The minimum Gasteiger partial charge on any atom is -0.397 e. The molecule has 0 aliphatic rings. The first-order chi connectivity index (χ1) is 6.75. The van der Waals surface area contributed by atoms with Crippen LogP contribution >= 0.6 is 11.6 Å². The minimum atomic E-state index is 0.758. The molecule has 72 valence electrons. The second-order valence-corrected chi connectivity index (χ2v) is 3.65. The zero-order valence-corrected chi connectivity index (χ0v) is 8.38. The number of halogens is 1. The predicted octanol–water partition coefficient (Wildman–Crippen LogP) is 2.84. The van der Waals surface area contributed by atoms with E-state index < -0.39 is 0 Å². The number of hydrogen-bond acceptors (Lipinski definition) is 1. The largest absolute Gasteiger partial charge is 0.397 e. The quantitative estimate of drug-likeness (QED) is 0.780. The zero-order chi connectivity index (χ0) is 9.97. The fourth-order valence-corrected chi connectivity index (χ4v) is 1.50. The van der Waals surface area contributed by atoms with Crippen LogP contribution in [0.4, 0.5) is 5.69 Å². The first-order valence-electron chi connectivity index (χ1n) is 4.42. The summed E-state index contributed by atoms with van der Waals surface area (Å²) < 4.78 is 0. The van der Waals surface area contributed by atoms with Crippen LogP contribution in [0.1, 0.15) is 11.3 Å². The highest BCUT2D eigenvalue weighted by atomic mass is 35.5. The van der Waals surface area contributed by atoms with Crippen molar-refractivity contribution < 1.29 is 0 Å². The summed E-state index contributed by atoms with van der Waals surface area (Å²) in [4.78, 5) is 3.11. The third-order valence-corrected chi connectivity index (χ3v) is 2.42. The van der Waals surface area contributed by atoms with Gasteiger partial charge in [-0.2, -0.15) is 0 Å². The summed E-state index contributed by atoms with van der Waals surface area (Å²) in [7, 11) is 0. The molecule has 3 heteroatoms. The Kier molecular flexibility index (Phi) is 2.46. The molecular formula is C11H11ClN2. The lowest BCUT2D eigenvalue weighted by atomic mass is 10.1. The number of H-pyrrole nitrogens is 1. The second kappa shape index (κ2) is 3.76. The Morgan fingerprint density at radius 3 is 2.43 bits per heavy atom. The summed E-state index contributed by atoms with van der Waals surface area (Å²) in [6, 6.07) is 9.64. The summed E-state index contributed by atoms with van der Waals surface area (Å²) in [6.07, 6.45) is 2.66. The van der Waals surface area contributed by atoms with E-state index in [0.717, 1.165) is 22.8 Å². The molecule has 0 saturated carbocycles. The number of hydrogen-bond donors (Lipinski definition) is 2. The first-order valence-corrected chi connectivity index (χ1v) is 4.79. The molecule has 0 aliphatic carbocycles. The van der Waals surface area contributed by atoms with Gasteiger partial charge < -0.3 is 10.7 Å². The lowest BCUT2D eigenvalue weighted by Gasteiger charge is -2.00. The summed E-state index contributed by atoms with van der Waals surface area (Å²) in [6.45, 7) is 0. The first kappa shape index (κ1) is 9.16. The Hall–Kier alpha value is -1.41. The maximum Gasteiger partial charge on any atom is 0.0528 e. The molecule has 0 fully saturated rings. The number of rotatable bonds is 2. The molecule has 3 N–H and O–H groups in total. The molecule has 2 nitrogen and oxygen atoms in total. The maximum atomic E-state index is 5.79. The number of nitrogen functional groups attached to an aromatic ring is 1. The molecule has 0 saturated heterocycles. The lowest BCUT2D eigenvalue weighted by Crippen LogP contribution is -1.93. The number of aromatic amines is 1. The molecule has 1 aromatic carbocycles. The average Bonchev–Trinajstić information content (AvgIpc) is 2.56. The minimum absolute atomic E-state index is 0.758. The van der Waals surface area contributed by atoms with Crippen molar-refractivity contribution in [2.24, 2.45) is 0 Å². The van der Waals surface area contributed by atoms with E-state index in [2.05, 4.69) is 4.98 Å². The zero-order valence-electron chi connectivity index (χ0n) is 7.63. The van der Waals surface area contributed by atoms with E-state index in [-0.39, 0.29) is 0 Å². The van der Waals surface area contributed by atoms with Crippen molar-refractivity contribution in [3.63, 3.8) is 0 Å². The molecule has 0 amide bonds. The van der Waals surface area contributed by atoms with Gasteiger partial charge in [-0.1, -0.05) is 23.7 Å². The summed E-state index contributed by atoms with van der Waals surface area (Å²) in [5.74, 6) is 0. The molecule has 0 unspecified atom stereocenters. The highest BCUT2D eigenvalue weighted by Crippen LogP contribution is 2.16. The third-order valence-electron chi connectivity index (χ3n) is 2.16. The molecule has 2 rings (SSSR count). The highest BCUT2D eigenvalue weighted by Gasteiger charge is 2.00. The van der Waals surface area contributed by atoms with Crippen LogP contribution in [0.2, 0.25) is 5.02 Å². The molecule has 0 aliphatic heterocycles. The molecule has 1 heterocycles. The fraction of sp³-hybridized carbons (Fsp3) is 0.0909. The Bertz CT molecular complexity index is 417. The summed E-state index contributed by atoms with van der Waals surface area (Å²) in [5.41, 5.74) is 8.81. The van der Waals surface area contributed by atoms with Gasteiger partial charge in [-0.3, -0.25) is 0 Å². The van der Waals surface area contributed by atoms with Crippen LogP contribution in [-0.2, 0) is 6.42 Å². The van der Waals surface area contributed by atoms with Gasteiger partial charge in [0.15, 0.2) is 0 Å². The normalized spacial score (nSPS) is 10.4. The van der Waals surface area contributed by atoms with Crippen molar-refractivity contribution in [3.05, 3.63) is 52.8 Å². The number of aromatic nitrogens is 1.